The van der Waals surface area contributed by atoms with Gasteiger partial charge in [-0.05, 0) is 31.5 Å². The summed E-state index contributed by atoms with van der Waals surface area (Å²) in [6.07, 6.45) is 0. The molecule has 100 valence electrons. The Labute approximate surface area is 118 Å². The Balaban J connectivity index is 1.91. The average Bonchev–Trinajstić information content (AvgIpc) is 2.44. The average molecular weight is 264 g/mol. The maximum atomic E-state index is 5.89. The minimum absolute atomic E-state index is 0.516. The molecule has 0 saturated carbocycles. The largest absolute Gasteiger partial charge is 0.472 e. The highest BCUT2D eigenvalue weighted by atomic mass is 16.5. The summed E-state index contributed by atoms with van der Waals surface area (Å²) in [7, 11) is 0. The van der Waals surface area contributed by atoms with Gasteiger partial charge in [-0.3, -0.25) is 0 Å². The van der Waals surface area contributed by atoms with Gasteiger partial charge in [-0.25, -0.2) is 4.98 Å². The number of hydrogen-bond donors (Lipinski definition) is 0. The van der Waals surface area contributed by atoms with Crippen LogP contribution >= 0.6 is 0 Å². The molecule has 0 aliphatic rings. The maximum Gasteiger partial charge on any atom is 0.225 e. The lowest BCUT2D eigenvalue weighted by molar-refractivity contribution is 0.297. The molecule has 0 atom stereocenters. The van der Waals surface area contributed by atoms with Gasteiger partial charge in [0.2, 0.25) is 5.88 Å². The van der Waals surface area contributed by atoms with E-state index < -0.39 is 0 Å². The van der Waals surface area contributed by atoms with Gasteiger partial charge in [-0.1, -0.05) is 42.0 Å². The predicted octanol–water partition coefficient (Wildman–Crippen LogP) is 3.83. The summed E-state index contributed by atoms with van der Waals surface area (Å²) in [5.74, 6) is 1.37. The number of fused-ring (bicyclic) bond motifs is 1. The number of ether oxygens (including phenoxy) is 1. The van der Waals surface area contributed by atoms with Crippen molar-refractivity contribution in [3.8, 4) is 5.88 Å². The number of nitrogens with zero attached hydrogens (tertiary/aromatic N) is 2. The Morgan fingerprint density at radius 3 is 2.65 bits per heavy atom. The molecule has 0 amide bonds. The van der Waals surface area contributed by atoms with Gasteiger partial charge in [-0.2, -0.15) is 4.98 Å². The molecule has 0 fully saturated rings. The second kappa shape index (κ2) is 5.29. The molecule has 3 aromatic rings. The van der Waals surface area contributed by atoms with E-state index in [-0.39, 0.29) is 0 Å². The lowest BCUT2D eigenvalue weighted by Crippen LogP contribution is -2.00. The topological polar surface area (TPSA) is 35.0 Å². The smallest absolute Gasteiger partial charge is 0.225 e. The summed E-state index contributed by atoms with van der Waals surface area (Å²) in [6.45, 7) is 4.47. The molecule has 0 saturated heterocycles. The van der Waals surface area contributed by atoms with Gasteiger partial charge in [0.15, 0.2) is 0 Å². The van der Waals surface area contributed by atoms with Crippen LogP contribution in [-0.4, -0.2) is 9.97 Å². The van der Waals surface area contributed by atoms with E-state index in [9.17, 15) is 0 Å². The normalized spacial score (nSPS) is 10.7. The van der Waals surface area contributed by atoms with Crippen LogP contribution < -0.4 is 4.74 Å². The van der Waals surface area contributed by atoms with E-state index in [1.54, 1.807) is 0 Å². The summed E-state index contributed by atoms with van der Waals surface area (Å²) in [6, 6.07) is 16.2. The van der Waals surface area contributed by atoms with Crippen molar-refractivity contribution in [1.82, 2.24) is 9.97 Å². The van der Waals surface area contributed by atoms with Crippen LogP contribution in [0.1, 0.15) is 17.0 Å². The summed E-state index contributed by atoms with van der Waals surface area (Å²) < 4.78 is 5.89. The lowest BCUT2D eigenvalue weighted by Gasteiger charge is -2.09. The molecule has 0 radical (unpaired) electrons. The van der Waals surface area contributed by atoms with Crippen LogP contribution in [0.25, 0.3) is 10.9 Å². The summed E-state index contributed by atoms with van der Waals surface area (Å²) in [5, 5.41) is 0.950. The zero-order valence-corrected chi connectivity index (χ0v) is 11.6. The fraction of sp³-hybridized carbons (Fsp3) is 0.176. The van der Waals surface area contributed by atoms with E-state index in [0.29, 0.717) is 12.5 Å². The SMILES string of the molecule is Cc1cccc(COc2nc(C)nc3ccccc23)c1. The van der Waals surface area contributed by atoms with E-state index in [1.165, 1.54) is 5.56 Å². The number of hydrogen-bond acceptors (Lipinski definition) is 3. The zero-order chi connectivity index (χ0) is 13.9. The molecule has 0 unspecified atom stereocenters. The van der Waals surface area contributed by atoms with Gasteiger partial charge in [0.05, 0.1) is 10.9 Å². The standard InChI is InChI=1S/C17H16N2O/c1-12-6-5-7-14(10-12)11-20-17-15-8-3-4-9-16(15)18-13(2)19-17/h3-10H,11H2,1-2H3. The molecule has 0 N–H and O–H groups in total. The molecule has 0 aliphatic heterocycles. The van der Waals surface area contributed by atoms with E-state index in [1.807, 2.05) is 37.3 Å². The Kier molecular flexibility index (Phi) is 3.33. The minimum Gasteiger partial charge on any atom is -0.472 e. The van der Waals surface area contributed by atoms with Crippen molar-refractivity contribution >= 4 is 10.9 Å². The quantitative estimate of drug-likeness (QED) is 0.721. The molecule has 0 aliphatic carbocycles. The van der Waals surface area contributed by atoms with Gasteiger partial charge in [-0.15, -0.1) is 0 Å². The van der Waals surface area contributed by atoms with Crippen molar-refractivity contribution < 1.29 is 4.74 Å². The zero-order valence-electron chi connectivity index (χ0n) is 11.6. The molecule has 3 rings (SSSR count). The Morgan fingerprint density at radius 1 is 0.950 bits per heavy atom. The monoisotopic (exact) mass is 264 g/mol. The summed E-state index contributed by atoms with van der Waals surface area (Å²) in [5.41, 5.74) is 3.29. The molecule has 0 bridgehead atoms. The van der Waals surface area contributed by atoms with Gasteiger partial charge >= 0.3 is 0 Å². The first-order chi connectivity index (χ1) is 9.72. The third-order valence-corrected chi connectivity index (χ3v) is 3.14. The van der Waals surface area contributed by atoms with Gasteiger partial charge in [0, 0.05) is 0 Å². The maximum absolute atomic E-state index is 5.89. The lowest BCUT2D eigenvalue weighted by atomic mass is 10.1. The van der Waals surface area contributed by atoms with Crippen molar-refractivity contribution in [2.75, 3.05) is 0 Å². The molecule has 1 aromatic heterocycles. The van der Waals surface area contributed by atoms with Crippen molar-refractivity contribution in [3.05, 3.63) is 65.5 Å². The first-order valence-corrected chi connectivity index (χ1v) is 6.64. The molecule has 0 spiro atoms. The highest BCUT2D eigenvalue weighted by Crippen LogP contribution is 2.22. The Bertz CT molecular complexity index is 753. The van der Waals surface area contributed by atoms with Crippen molar-refractivity contribution in [2.24, 2.45) is 0 Å². The molecule has 2 aromatic carbocycles. The second-order valence-electron chi connectivity index (χ2n) is 4.87. The number of aromatic nitrogens is 2. The number of aryl methyl sites for hydroxylation is 2. The van der Waals surface area contributed by atoms with Crippen LogP contribution in [0.2, 0.25) is 0 Å². The van der Waals surface area contributed by atoms with E-state index in [4.69, 9.17) is 4.74 Å². The van der Waals surface area contributed by atoms with Crippen LogP contribution in [0.5, 0.6) is 5.88 Å². The number of para-hydroxylation sites is 1. The van der Waals surface area contributed by atoms with Gasteiger partial charge in [0.1, 0.15) is 12.4 Å². The highest BCUT2D eigenvalue weighted by molar-refractivity contribution is 5.83. The molecular formula is C17H16N2O. The van der Waals surface area contributed by atoms with Crippen LogP contribution in [0.15, 0.2) is 48.5 Å². The fourth-order valence-corrected chi connectivity index (χ4v) is 2.22. The highest BCUT2D eigenvalue weighted by Gasteiger charge is 2.06. The Hall–Kier alpha value is -2.42. The van der Waals surface area contributed by atoms with E-state index in [0.717, 1.165) is 22.3 Å². The van der Waals surface area contributed by atoms with Crippen molar-refractivity contribution in [3.63, 3.8) is 0 Å². The third kappa shape index (κ3) is 2.62. The Morgan fingerprint density at radius 2 is 1.80 bits per heavy atom. The van der Waals surface area contributed by atoms with Crippen LogP contribution in [0.4, 0.5) is 0 Å². The minimum atomic E-state index is 0.516. The predicted molar refractivity (Wildman–Crippen MR) is 79.8 cm³/mol. The first-order valence-electron chi connectivity index (χ1n) is 6.64. The summed E-state index contributed by atoms with van der Waals surface area (Å²) >= 11 is 0. The van der Waals surface area contributed by atoms with Crippen molar-refractivity contribution in [1.29, 1.82) is 0 Å². The summed E-state index contributed by atoms with van der Waals surface area (Å²) in [4.78, 5) is 8.82. The van der Waals surface area contributed by atoms with Crippen LogP contribution in [0.3, 0.4) is 0 Å². The molecule has 3 nitrogen and oxygen atoms in total. The van der Waals surface area contributed by atoms with E-state index >= 15 is 0 Å². The van der Waals surface area contributed by atoms with Gasteiger partial charge in [0.25, 0.3) is 0 Å². The van der Waals surface area contributed by atoms with Crippen LogP contribution in [-0.2, 0) is 6.61 Å². The first kappa shape index (κ1) is 12.6. The molecular weight excluding hydrogens is 248 g/mol. The van der Waals surface area contributed by atoms with Crippen LogP contribution in [0, 0.1) is 13.8 Å². The molecule has 3 heteroatoms. The second-order valence-corrected chi connectivity index (χ2v) is 4.87. The number of rotatable bonds is 3. The third-order valence-electron chi connectivity index (χ3n) is 3.14. The number of benzene rings is 2. The van der Waals surface area contributed by atoms with Gasteiger partial charge < -0.3 is 4.74 Å². The molecule has 1 heterocycles. The fourth-order valence-electron chi connectivity index (χ4n) is 2.22. The van der Waals surface area contributed by atoms with Crippen molar-refractivity contribution in [2.45, 2.75) is 20.5 Å². The van der Waals surface area contributed by atoms with E-state index in [2.05, 4.69) is 35.1 Å². The molecule has 20 heavy (non-hydrogen) atoms.